The van der Waals surface area contributed by atoms with Crippen LogP contribution in [0, 0.1) is 0 Å². The zero-order chi connectivity index (χ0) is 14.1. The summed E-state index contributed by atoms with van der Waals surface area (Å²) in [5.74, 6) is 0.271. The number of amides is 1. The highest BCUT2D eigenvalue weighted by Gasteiger charge is 2.14. The number of benzene rings is 1. The largest absolute Gasteiger partial charge is 0.343 e. The lowest BCUT2D eigenvalue weighted by Crippen LogP contribution is -2.17. The number of carbonyl (C=O) groups is 1. The Labute approximate surface area is 124 Å². The number of para-hydroxylation sites is 2. The standard InChI is InChI=1S/C14H13BrN4O/c1-2-19-8-9(15)7-12(19)13(20)18-14-16-10-5-3-4-6-11(10)17-14/h3-8H,2H2,1H3,(H2,16,17,18,20). The van der Waals surface area contributed by atoms with Crippen molar-refractivity contribution in [2.24, 2.45) is 0 Å². The molecular weight excluding hydrogens is 320 g/mol. The van der Waals surface area contributed by atoms with Crippen LogP contribution >= 0.6 is 15.9 Å². The molecule has 102 valence electrons. The molecule has 0 radical (unpaired) electrons. The summed E-state index contributed by atoms with van der Waals surface area (Å²) in [6, 6.07) is 9.44. The number of nitrogens with one attached hydrogen (secondary N) is 2. The number of anilines is 1. The molecule has 1 aromatic carbocycles. The number of aromatic amines is 1. The molecule has 3 rings (SSSR count). The van der Waals surface area contributed by atoms with E-state index in [1.54, 1.807) is 6.07 Å². The fourth-order valence-electron chi connectivity index (χ4n) is 2.11. The number of nitrogens with zero attached hydrogens (tertiary/aromatic N) is 2. The van der Waals surface area contributed by atoms with Gasteiger partial charge in [-0.1, -0.05) is 12.1 Å². The Morgan fingerprint density at radius 2 is 2.25 bits per heavy atom. The summed E-state index contributed by atoms with van der Waals surface area (Å²) in [6.45, 7) is 2.72. The van der Waals surface area contributed by atoms with Crippen LogP contribution in [0.1, 0.15) is 17.4 Å². The Kier molecular flexibility index (Phi) is 3.31. The summed E-state index contributed by atoms with van der Waals surface area (Å²) >= 11 is 3.38. The van der Waals surface area contributed by atoms with Gasteiger partial charge in [0, 0.05) is 17.2 Å². The molecule has 0 aliphatic rings. The quantitative estimate of drug-likeness (QED) is 0.772. The Hall–Kier alpha value is -2.08. The van der Waals surface area contributed by atoms with Gasteiger partial charge < -0.3 is 9.55 Å². The van der Waals surface area contributed by atoms with Crippen LogP contribution < -0.4 is 5.32 Å². The minimum Gasteiger partial charge on any atom is -0.343 e. The molecule has 0 spiro atoms. The van der Waals surface area contributed by atoms with Gasteiger partial charge in [-0.3, -0.25) is 10.1 Å². The van der Waals surface area contributed by atoms with Crippen molar-refractivity contribution in [3.63, 3.8) is 0 Å². The molecule has 1 amide bonds. The second-order valence-electron chi connectivity index (χ2n) is 4.39. The summed E-state index contributed by atoms with van der Waals surface area (Å²) in [7, 11) is 0. The fourth-order valence-corrected chi connectivity index (χ4v) is 2.57. The van der Waals surface area contributed by atoms with Crippen LogP contribution in [0.3, 0.4) is 0 Å². The third-order valence-corrected chi connectivity index (χ3v) is 3.49. The van der Waals surface area contributed by atoms with Gasteiger partial charge in [0.05, 0.1) is 11.0 Å². The molecule has 6 heteroatoms. The molecule has 3 aromatic rings. The summed E-state index contributed by atoms with van der Waals surface area (Å²) in [5.41, 5.74) is 2.32. The van der Waals surface area contributed by atoms with Crippen LogP contribution in [-0.2, 0) is 6.54 Å². The molecular formula is C14H13BrN4O. The minimum atomic E-state index is -0.184. The number of imidazole rings is 1. The molecule has 2 aromatic heterocycles. The smallest absolute Gasteiger partial charge is 0.274 e. The molecule has 0 atom stereocenters. The second kappa shape index (κ2) is 5.13. The van der Waals surface area contributed by atoms with Crippen molar-refractivity contribution in [3.8, 4) is 0 Å². The first-order valence-corrected chi connectivity index (χ1v) is 7.08. The van der Waals surface area contributed by atoms with E-state index in [2.05, 4.69) is 31.2 Å². The Morgan fingerprint density at radius 1 is 1.45 bits per heavy atom. The normalized spacial score (nSPS) is 10.9. The molecule has 0 saturated carbocycles. The zero-order valence-electron chi connectivity index (χ0n) is 10.9. The minimum absolute atomic E-state index is 0.184. The van der Waals surface area contributed by atoms with E-state index in [1.165, 1.54) is 0 Å². The Morgan fingerprint density at radius 3 is 3.00 bits per heavy atom. The highest BCUT2D eigenvalue weighted by Crippen LogP contribution is 2.17. The number of aryl methyl sites for hydroxylation is 1. The average Bonchev–Trinajstić information content (AvgIpc) is 3.00. The Bertz CT molecular complexity index is 741. The van der Waals surface area contributed by atoms with Crippen LogP contribution in [0.2, 0.25) is 0 Å². The third kappa shape index (κ3) is 2.34. The van der Waals surface area contributed by atoms with Crippen LogP contribution in [0.4, 0.5) is 5.95 Å². The summed E-state index contributed by atoms with van der Waals surface area (Å²) < 4.78 is 2.76. The maximum absolute atomic E-state index is 12.3. The van der Waals surface area contributed by atoms with Crippen LogP contribution in [0.5, 0.6) is 0 Å². The highest BCUT2D eigenvalue weighted by atomic mass is 79.9. The summed E-state index contributed by atoms with van der Waals surface area (Å²) in [6.07, 6.45) is 1.88. The second-order valence-corrected chi connectivity index (χ2v) is 5.30. The molecule has 2 heterocycles. The van der Waals surface area contributed by atoms with Crippen molar-refractivity contribution in [2.75, 3.05) is 5.32 Å². The van der Waals surface area contributed by atoms with E-state index < -0.39 is 0 Å². The molecule has 20 heavy (non-hydrogen) atoms. The zero-order valence-corrected chi connectivity index (χ0v) is 12.4. The molecule has 5 nitrogen and oxygen atoms in total. The molecule has 0 aliphatic heterocycles. The van der Waals surface area contributed by atoms with Crippen molar-refractivity contribution >= 4 is 38.8 Å². The van der Waals surface area contributed by atoms with Crippen molar-refractivity contribution in [3.05, 3.63) is 46.7 Å². The number of hydrogen-bond donors (Lipinski definition) is 2. The number of rotatable bonds is 3. The van der Waals surface area contributed by atoms with Gasteiger partial charge in [-0.15, -0.1) is 0 Å². The van der Waals surface area contributed by atoms with Gasteiger partial charge in [0.25, 0.3) is 5.91 Å². The molecule has 2 N–H and O–H groups in total. The van der Waals surface area contributed by atoms with Gasteiger partial charge in [-0.25, -0.2) is 4.98 Å². The van der Waals surface area contributed by atoms with E-state index in [4.69, 9.17) is 0 Å². The van der Waals surface area contributed by atoms with Gasteiger partial charge >= 0.3 is 0 Å². The lowest BCUT2D eigenvalue weighted by atomic mass is 10.3. The molecule has 0 bridgehead atoms. The summed E-state index contributed by atoms with van der Waals surface area (Å²) in [4.78, 5) is 19.7. The van der Waals surface area contributed by atoms with Gasteiger partial charge in [-0.2, -0.15) is 0 Å². The SMILES string of the molecule is CCn1cc(Br)cc1C(=O)Nc1nc2ccccc2[nH]1. The van der Waals surface area contributed by atoms with Crippen LogP contribution in [-0.4, -0.2) is 20.4 Å². The lowest BCUT2D eigenvalue weighted by Gasteiger charge is -2.05. The van der Waals surface area contributed by atoms with Crippen molar-refractivity contribution < 1.29 is 4.79 Å². The number of halogens is 1. The first-order chi connectivity index (χ1) is 9.67. The topological polar surface area (TPSA) is 62.7 Å². The molecule has 0 saturated heterocycles. The van der Waals surface area contributed by atoms with E-state index in [0.29, 0.717) is 11.6 Å². The van der Waals surface area contributed by atoms with Gasteiger partial charge in [0.2, 0.25) is 5.95 Å². The van der Waals surface area contributed by atoms with Crippen molar-refractivity contribution in [1.29, 1.82) is 0 Å². The fraction of sp³-hybridized carbons (Fsp3) is 0.143. The number of fused-ring (bicyclic) bond motifs is 1. The van der Waals surface area contributed by atoms with Crippen molar-refractivity contribution in [1.82, 2.24) is 14.5 Å². The van der Waals surface area contributed by atoms with Gasteiger partial charge in [0.15, 0.2) is 0 Å². The van der Waals surface area contributed by atoms with Crippen molar-refractivity contribution in [2.45, 2.75) is 13.5 Å². The number of H-pyrrole nitrogens is 1. The Balaban J connectivity index is 1.88. The summed E-state index contributed by atoms with van der Waals surface area (Å²) in [5, 5.41) is 2.79. The van der Waals surface area contributed by atoms with E-state index in [0.717, 1.165) is 22.1 Å². The first-order valence-electron chi connectivity index (χ1n) is 6.29. The molecule has 0 fully saturated rings. The number of carbonyl (C=O) groups excluding carboxylic acids is 1. The first kappa shape index (κ1) is 12.9. The monoisotopic (exact) mass is 332 g/mol. The molecule has 0 aliphatic carbocycles. The van der Waals surface area contributed by atoms with Gasteiger partial charge in [0.1, 0.15) is 5.69 Å². The maximum atomic E-state index is 12.3. The van der Waals surface area contributed by atoms with E-state index in [9.17, 15) is 4.79 Å². The third-order valence-electron chi connectivity index (χ3n) is 3.06. The van der Waals surface area contributed by atoms with Crippen LogP contribution in [0.15, 0.2) is 41.0 Å². The van der Waals surface area contributed by atoms with Gasteiger partial charge in [-0.05, 0) is 41.1 Å². The maximum Gasteiger partial charge on any atom is 0.274 e. The van der Waals surface area contributed by atoms with E-state index in [-0.39, 0.29) is 5.91 Å². The number of aromatic nitrogens is 3. The predicted octanol–water partition coefficient (Wildman–Crippen LogP) is 3.40. The van der Waals surface area contributed by atoms with E-state index in [1.807, 2.05) is 42.0 Å². The average molecular weight is 333 g/mol. The number of hydrogen-bond acceptors (Lipinski definition) is 2. The lowest BCUT2D eigenvalue weighted by molar-refractivity contribution is 0.101. The highest BCUT2D eigenvalue weighted by molar-refractivity contribution is 9.10. The van der Waals surface area contributed by atoms with Crippen LogP contribution in [0.25, 0.3) is 11.0 Å². The predicted molar refractivity (Wildman–Crippen MR) is 81.9 cm³/mol. The molecule has 0 unspecified atom stereocenters. The van der Waals surface area contributed by atoms with E-state index >= 15 is 0 Å².